The van der Waals surface area contributed by atoms with Crippen molar-refractivity contribution in [2.45, 2.75) is 40.5 Å². The summed E-state index contributed by atoms with van der Waals surface area (Å²) in [5, 5.41) is 5.47. The van der Waals surface area contributed by atoms with Gasteiger partial charge in [-0.25, -0.2) is 0 Å². The first-order valence-corrected chi connectivity index (χ1v) is 7.12. The quantitative estimate of drug-likeness (QED) is 0.839. The van der Waals surface area contributed by atoms with Crippen LogP contribution in [0.2, 0.25) is 0 Å². The molecular formula is C16H24N2O2. The molecule has 0 bridgehead atoms. The van der Waals surface area contributed by atoms with Crippen LogP contribution < -0.4 is 10.6 Å². The van der Waals surface area contributed by atoms with Gasteiger partial charge in [-0.2, -0.15) is 0 Å². The molecule has 0 saturated heterocycles. The van der Waals surface area contributed by atoms with Gasteiger partial charge in [0, 0.05) is 11.6 Å². The Morgan fingerprint density at radius 2 is 1.75 bits per heavy atom. The van der Waals surface area contributed by atoms with Crippen LogP contribution in [-0.2, 0) is 9.59 Å². The van der Waals surface area contributed by atoms with Gasteiger partial charge in [0.15, 0.2) is 0 Å². The van der Waals surface area contributed by atoms with Crippen LogP contribution >= 0.6 is 0 Å². The molecule has 0 fully saturated rings. The number of aryl methyl sites for hydroxylation is 2. The highest BCUT2D eigenvalue weighted by Gasteiger charge is 2.14. The Morgan fingerprint density at radius 1 is 1.10 bits per heavy atom. The number of rotatable bonds is 6. The molecular weight excluding hydrogens is 252 g/mol. The fraction of sp³-hybridized carbons (Fsp3) is 0.500. The highest BCUT2D eigenvalue weighted by Crippen LogP contribution is 2.13. The minimum Gasteiger partial charge on any atom is -0.347 e. The predicted molar refractivity (Wildman–Crippen MR) is 81.6 cm³/mol. The second-order valence-electron chi connectivity index (χ2n) is 5.08. The van der Waals surface area contributed by atoms with Gasteiger partial charge in [0.05, 0.1) is 6.54 Å². The molecule has 4 heteroatoms. The van der Waals surface area contributed by atoms with Crippen LogP contribution in [0.3, 0.4) is 0 Å². The first-order valence-electron chi connectivity index (χ1n) is 7.12. The molecule has 0 aliphatic carbocycles. The van der Waals surface area contributed by atoms with E-state index >= 15 is 0 Å². The summed E-state index contributed by atoms with van der Waals surface area (Å²) in [6, 6.07) is 5.76. The molecule has 0 aliphatic rings. The number of carbonyl (C=O) groups excluding carboxylic acids is 2. The lowest BCUT2D eigenvalue weighted by Gasteiger charge is -2.13. The van der Waals surface area contributed by atoms with E-state index in [2.05, 4.69) is 10.6 Å². The minimum absolute atomic E-state index is 0.00980. The van der Waals surface area contributed by atoms with Crippen molar-refractivity contribution in [3.63, 3.8) is 0 Å². The minimum atomic E-state index is -0.201. The van der Waals surface area contributed by atoms with Crippen molar-refractivity contribution < 1.29 is 9.59 Å². The molecule has 0 atom stereocenters. The highest BCUT2D eigenvalue weighted by molar-refractivity contribution is 5.94. The Morgan fingerprint density at radius 3 is 2.30 bits per heavy atom. The number of carbonyl (C=O) groups is 2. The van der Waals surface area contributed by atoms with Crippen molar-refractivity contribution in [1.82, 2.24) is 5.32 Å². The predicted octanol–water partition coefficient (Wildman–Crippen LogP) is 2.79. The second-order valence-corrected chi connectivity index (χ2v) is 5.08. The first-order chi connectivity index (χ1) is 9.47. The van der Waals surface area contributed by atoms with Crippen molar-refractivity contribution in [3.05, 3.63) is 29.3 Å². The molecule has 1 rings (SSSR count). The van der Waals surface area contributed by atoms with E-state index < -0.39 is 0 Å². The Labute approximate surface area is 121 Å². The average molecular weight is 276 g/mol. The van der Waals surface area contributed by atoms with Crippen LogP contribution in [0.1, 0.15) is 37.8 Å². The summed E-state index contributed by atoms with van der Waals surface area (Å²) in [5.41, 5.74) is 3.07. The Bertz CT molecular complexity index is 479. The maximum absolute atomic E-state index is 11.8. The van der Waals surface area contributed by atoms with E-state index in [1.54, 1.807) is 0 Å². The zero-order chi connectivity index (χ0) is 15.1. The average Bonchev–Trinajstić information content (AvgIpc) is 2.42. The third-order valence-electron chi connectivity index (χ3n) is 3.57. The number of amides is 2. The summed E-state index contributed by atoms with van der Waals surface area (Å²) < 4.78 is 0. The van der Waals surface area contributed by atoms with Gasteiger partial charge in [0.1, 0.15) is 0 Å². The fourth-order valence-electron chi connectivity index (χ4n) is 2.00. The Kier molecular flexibility index (Phi) is 6.22. The first kappa shape index (κ1) is 16.2. The van der Waals surface area contributed by atoms with Gasteiger partial charge in [0.25, 0.3) is 0 Å². The fourth-order valence-corrected chi connectivity index (χ4v) is 2.00. The molecule has 0 unspecified atom stereocenters. The molecule has 0 aliphatic heterocycles. The Hall–Kier alpha value is -1.84. The van der Waals surface area contributed by atoms with E-state index in [4.69, 9.17) is 0 Å². The molecule has 0 radical (unpaired) electrons. The van der Waals surface area contributed by atoms with Crippen LogP contribution in [0.15, 0.2) is 18.2 Å². The zero-order valence-electron chi connectivity index (χ0n) is 12.7. The SMILES string of the molecule is CCC(CC)C(=O)NCC(=O)Nc1ccc(C)c(C)c1. The molecule has 1 aromatic rings. The van der Waals surface area contributed by atoms with Crippen LogP contribution in [0.25, 0.3) is 0 Å². The maximum Gasteiger partial charge on any atom is 0.243 e. The third kappa shape index (κ3) is 4.68. The normalized spacial score (nSPS) is 10.4. The van der Waals surface area contributed by atoms with E-state index in [1.807, 2.05) is 45.9 Å². The van der Waals surface area contributed by atoms with E-state index in [0.29, 0.717) is 0 Å². The lowest BCUT2D eigenvalue weighted by molar-refractivity contribution is -0.127. The van der Waals surface area contributed by atoms with Crippen LogP contribution in [-0.4, -0.2) is 18.4 Å². The van der Waals surface area contributed by atoms with Gasteiger partial charge in [-0.15, -0.1) is 0 Å². The largest absolute Gasteiger partial charge is 0.347 e. The van der Waals surface area contributed by atoms with Gasteiger partial charge in [-0.05, 0) is 49.9 Å². The summed E-state index contributed by atoms with van der Waals surface area (Å²) >= 11 is 0. The lowest BCUT2D eigenvalue weighted by Crippen LogP contribution is -2.36. The van der Waals surface area contributed by atoms with Gasteiger partial charge in [0.2, 0.25) is 11.8 Å². The molecule has 1 aromatic carbocycles. The molecule has 2 amide bonds. The molecule has 0 spiro atoms. The molecule has 4 nitrogen and oxygen atoms in total. The van der Waals surface area contributed by atoms with E-state index in [1.165, 1.54) is 5.56 Å². The third-order valence-corrected chi connectivity index (χ3v) is 3.57. The molecule has 20 heavy (non-hydrogen) atoms. The number of anilines is 1. The molecule has 0 heterocycles. The number of nitrogens with one attached hydrogen (secondary N) is 2. The summed E-state index contributed by atoms with van der Waals surface area (Å²) in [4.78, 5) is 23.6. The maximum atomic E-state index is 11.8. The summed E-state index contributed by atoms with van der Waals surface area (Å²) in [5.74, 6) is -0.262. The van der Waals surface area contributed by atoms with Gasteiger partial charge < -0.3 is 10.6 Å². The van der Waals surface area contributed by atoms with Crippen molar-refractivity contribution in [3.8, 4) is 0 Å². The van der Waals surface area contributed by atoms with Gasteiger partial charge in [-0.1, -0.05) is 19.9 Å². The topological polar surface area (TPSA) is 58.2 Å². The Balaban J connectivity index is 2.47. The van der Waals surface area contributed by atoms with Gasteiger partial charge >= 0.3 is 0 Å². The lowest BCUT2D eigenvalue weighted by atomic mass is 10.0. The van der Waals surface area contributed by atoms with Crippen molar-refractivity contribution in [2.24, 2.45) is 5.92 Å². The van der Waals surface area contributed by atoms with E-state index in [9.17, 15) is 9.59 Å². The van der Waals surface area contributed by atoms with Gasteiger partial charge in [-0.3, -0.25) is 9.59 Å². The smallest absolute Gasteiger partial charge is 0.243 e. The second kappa shape index (κ2) is 7.68. The molecule has 0 saturated carbocycles. The monoisotopic (exact) mass is 276 g/mol. The summed E-state index contributed by atoms with van der Waals surface area (Å²) in [6.07, 6.45) is 1.59. The number of hydrogen-bond donors (Lipinski definition) is 2. The van der Waals surface area contributed by atoms with Crippen molar-refractivity contribution >= 4 is 17.5 Å². The van der Waals surface area contributed by atoms with Crippen LogP contribution in [0.4, 0.5) is 5.69 Å². The molecule has 110 valence electrons. The highest BCUT2D eigenvalue weighted by atomic mass is 16.2. The summed E-state index contributed by atoms with van der Waals surface area (Å²) in [7, 11) is 0. The van der Waals surface area contributed by atoms with Crippen LogP contribution in [0.5, 0.6) is 0 Å². The zero-order valence-corrected chi connectivity index (χ0v) is 12.7. The standard InChI is InChI=1S/C16H24N2O2/c1-5-13(6-2)16(20)17-10-15(19)18-14-8-7-11(3)12(4)9-14/h7-9,13H,5-6,10H2,1-4H3,(H,17,20)(H,18,19). The van der Waals surface area contributed by atoms with E-state index in [0.717, 1.165) is 24.1 Å². The van der Waals surface area contributed by atoms with Crippen molar-refractivity contribution in [1.29, 1.82) is 0 Å². The summed E-state index contributed by atoms with van der Waals surface area (Å²) in [6.45, 7) is 7.99. The molecule has 0 aromatic heterocycles. The number of hydrogen-bond acceptors (Lipinski definition) is 2. The van der Waals surface area contributed by atoms with Crippen LogP contribution in [0, 0.1) is 19.8 Å². The molecule has 2 N–H and O–H groups in total. The number of benzene rings is 1. The van der Waals surface area contributed by atoms with E-state index in [-0.39, 0.29) is 24.3 Å². The van der Waals surface area contributed by atoms with Crippen molar-refractivity contribution in [2.75, 3.05) is 11.9 Å².